The van der Waals surface area contributed by atoms with Crippen LogP contribution in [0, 0.1) is 0 Å². The van der Waals surface area contributed by atoms with E-state index in [9.17, 15) is 13.2 Å². The molecule has 0 saturated heterocycles. The molecule has 0 radical (unpaired) electrons. The van der Waals surface area contributed by atoms with E-state index in [1.165, 1.54) is 0 Å². The second-order valence-corrected chi connectivity index (χ2v) is 4.26. The van der Waals surface area contributed by atoms with E-state index in [4.69, 9.17) is 5.11 Å². The van der Waals surface area contributed by atoms with E-state index in [2.05, 4.69) is 0 Å². The van der Waals surface area contributed by atoms with Crippen LogP contribution < -0.4 is 0 Å². The van der Waals surface area contributed by atoms with Gasteiger partial charge in [-0.1, -0.05) is 6.92 Å². The molecule has 0 saturated carbocycles. The lowest BCUT2D eigenvalue weighted by atomic mass is 10.2. The number of nitrogens with zero attached hydrogens (tertiary/aromatic N) is 2. The first kappa shape index (κ1) is 15.7. The first-order chi connectivity index (χ1) is 7.18. The number of aliphatic hydroxyl groups excluding tert-OH is 1. The Kier molecular flexibility index (Phi) is 6.28. The maximum absolute atomic E-state index is 12.2. The molecule has 0 aromatic rings. The van der Waals surface area contributed by atoms with Gasteiger partial charge >= 0.3 is 6.18 Å². The molecule has 0 aromatic carbocycles. The zero-order valence-electron chi connectivity index (χ0n) is 10.3. The van der Waals surface area contributed by atoms with Gasteiger partial charge in [0.2, 0.25) is 0 Å². The van der Waals surface area contributed by atoms with Gasteiger partial charge in [-0.15, -0.1) is 0 Å². The average Bonchev–Trinajstić information content (AvgIpc) is 2.10. The highest BCUT2D eigenvalue weighted by Gasteiger charge is 2.39. The van der Waals surface area contributed by atoms with E-state index in [0.29, 0.717) is 13.1 Å². The topological polar surface area (TPSA) is 26.7 Å². The molecule has 3 nitrogen and oxygen atoms in total. The molecule has 0 aromatic heterocycles. The highest BCUT2D eigenvalue weighted by atomic mass is 19.4. The minimum atomic E-state index is -4.54. The molecular weight excluding hydrogens is 221 g/mol. The van der Waals surface area contributed by atoms with Crippen molar-refractivity contribution in [1.82, 2.24) is 9.80 Å². The third-order valence-corrected chi connectivity index (χ3v) is 2.44. The van der Waals surface area contributed by atoms with Crippen molar-refractivity contribution in [3.05, 3.63) is 0 Å². The molecule has 0 aliphatic rings. The molecule has 16 heavy (non-hydrogen) atoms. The Hall–Kier alpha value is -0.330. The zero-order chi connectivity index (χ0) is 12.9. The third-order valence-electron chi connectivity index (χ3n) is 2.44. The van der Waals surface area contributed by atoms with E-state index in [0.717, 1.165) is 0 Å². The summed E-state index contributed by atoms with van der Waals surface area (Å²) in [6.07, 6.45) is -6.80. The Morgan fingerprint density at radius 1 is 1.19 bits per heavy atom. The van der Waals surface area contributed by atoms with Crippen LogP contribution in [0.1, 0.15) is 13.8 Å². The maximum atomic E-state index is 12.2. The summed E-state index contributed by atoms with van der Waals surface area (Å²) < 4.78 is 36.6. The lowest BCUT2D eigenvalue weighted by Gasteiger charge is -2.31. The molecule has 98 valence electrons. The van der Waals surface area contributed by atoms with Crippen LogP contribution in [-0.4, -0.2) is 67.0 Å². The molecule has 0 spiro atoms. The normalized spacial score (nSPS) is 16.9. The van der Waals surface area contributed by atoms with E-state index in [1.807, 2.05) is 25.9 Å². The van der Waals surface area contributed by atoms with Crippen LogP contribution in [0.3, 0.4) is 0 Å². The van der Waals surface area contributed by atoms with Crippen molar-refractivity contribution < 1.29 is 18.3 Å². The minimum absolute atomic E-state index is 0.0167. The summed E-state index contributed by atoms with van der Waals surface area (Å²) >= 11 is 0. The third kappa shape index (κ3) is 5.67. The first-order valence-electron chi connectivity index (χ1n) is 5.32. The van der Waals surface area contributed by atoms with Gasteiger partial charge in [-0.25, -0.2) is 0 Å². The van der Waals surface area contributed by atoms with E-state index in [1.54, 1.807) is 11.8 Å². The fraction of sp³-hybridized carbons (Fsp3) is 1.00. The highest BCUT2D eigenvalue weighted by molar-refractivity contribution is 4.75. The van der Waals surface area contributed by atoms with Crippen LogP contribution in [0.4, 0.5) is 13.2 Å². The Morgan fingerprint density at radius 2 is 1.69 bits per heavy atom. The molecule has 0 amide bonds. The van der Waals surface area contributed by atoms with Crippen molar-refractivity contribution >= 4 is 0 Å². The Morgan fingerprint density at radius 3 is 2.00 bits per heavy atom. The van der Waals surface area contributed by atoms with Gasteiger partial charge < -0.3 is 10.0 Å². The first-order valence-corrected chi connectivity index (χ1v) is 5.32. The summed E-state index contributed by atoms with van der Waals surface area (Å²) in [4.78, 5) is 3.53. The number of rotatable bonds is 6. The van der Waals surface area contributed by atoms with Gasteiger partial charge in [0.25, 0.3) is 0 Å². The Labute approximate surface area is 94.8 Å². The summed E-state index contributed by atoms with van der Waals surface area (Å²) in [5.74, 6) is 0. The Bertz CT molecular complexity index is 197. The predicted molar refractivity (Wildman–Crippen MR) is 57.3 cm³/mol. The lowest BCUT2D eigenvalue weighted by molar-refractivity contribution is -0.209. The van der Waals surface area contributed by atoms with Gasteiger partial charge in [0.15, 0.2) is 6.10 Å². The van der Waals surface area contributed by atoms with Crippen LogP contribution in [0.25, 0.3) is 0 Å². The van der Waals surface area contributed by atoms with E-state index < -0.39 is 12.3 Å². The largest absolute Gasteiger partial charge is 0.415 e. The van der Waals surface area contributed by atoms with Gasteiger partial charge in [0.05, 0.1) is 0 Å². The molecule has 2 unspecified atom stereocenters. The van der Waals surface area contributed by atoms with Gasteiger partial charge in [-0.3, -0.25) is 4.90 Å². The molecule has 2 atom stereocenters. The van der Waals surface area contributed by atoms with Crippen molar-refractivity contribution in [2.45, 2.75) is 32.2 Å². The van der Waals surface area contributed by atoms with Crippen molar-refractivity contribution in [3.8, 4) is 0 Å². The van der Waals surface area contributed by atoms with Crippen LogP contribution in [0.2, 0.25) is 0 Å². The monoisotopic (exact) mass is 242 g/mol. The minimum Gasteiger partial charge on any atom is -0.382 e. The lowest BCUT2D eigenvalue weighted by Crippen LogP contribution is -2.47. The van der Waals surface area contributed by atoms with Crippen LogP contribution in [-0.2, 0) is 0 Å². The summed E-state index contributed by atoms with van der Waals surface area (Å²) in [5.41, 5.74) is 0. The number of hydrogen-bond acceptors (Lipinski definition) is 3. The van der Waals surface area contributed by atoms with Gasteiger partial charge in [0.1, 0.15) is 0 Å². The molecular formula is C10H21F3N2O. The smallest absolute Gasteiger partial charge is 0.382 e. The number of halogens is 3. The van der Waals surface area contributed by atoms with Crippen LogP contribution in [0.15, 0.2) is 0 Å². The molecule has 0 bridgehead atoms. The number of hydrogen-bond donors (Lipinski definition) is 1. The number of aliphatic hydroxyl groups is 1. The SMILES string of the molecule is CCN(CC(O)C(F)(F)F)C(C)CN(C)C. The van der Waals surface area contributed by atoms with Crippen LogP contribution in [0.5, 0.6) is 0 Å². The molecule has 0 aliphatic heterocycles. The number of likely N-dealkylation sites (N-methyl/N-ethyl adjacent to an activating group) is 2. The van der Waals surface area contributed by atoms with Gasteiger partial charge in [-0.05, 0) is 27.6 Å². The van der Waals surface area contributed by atoms with Crippen LogP contribution >= 0.6 is 0 Å². The summed E-state index contributed by atoms with van der Waals surface area (Å²) in [6.45, 7) is 4.43. The summed E-state index contributed by atoms with van der Waals surface area (Å²) in [5, 5.41) is 8.99. The number of alkyl halides is 3. The molecule has 0 rings (SSSR count). The van der Waals surface area contributed by atoms with Crippen molar-refractivity contribution in [2.75, 3.05) is 33.7 Å². The fourth-order valence-corrected chi connectivity index (χ4v) is 1.59. The van der Waals surface area contributed by atoms with Gasteiger partial charge in [-0.2, -0.15) is 13.2 Å². The second kappa shape index (κ2) is 6.42. The quantitative estimate of drug-likeness (QED) is 0.757. The second-order valence-electron chi connectivity index (χ2n) is 4.26. The summed E-state index contributed by atoms with van der Waals surface area (Å²) in [7, 11) is 3.73. The molecule has 6 heteroatoms. The predicted octanol–water partition coefficient (Wildman–Crippen LogP) is 1.18. The van der Waals surface area contributed by atoms with Crippen molar-refractivity contribution in [3.63, 3.8) is 0 Å². The average molecular weight is 242 g/mol. The highest BCUT2D eigenvalue weighted by Crippen LogP contribution is 2.21. The van der Waals surface area contributed by atoms with E-state index in [-0.39, 0.29) is 12.6 Å². The molecule has 0 aliphatic carbocycles. The van der Waals surface area contributed by atoms with E-state index >= 15 is 0 Å². The fourth-order valence-electron chi connectivity index (χ4n) is 1.59. The summed E-state index contributed by atoms with van der Waals surface area (Å²) in [6, 6.07) is -0.0167. The standard InChI is InChI=1S/C10H21F3N2O/c1-5-15(8(2)6-14(3)4)7-9(16)10(11,12)13/h8-9,16H,5-7H2,1-4H3. The van der Waals surface area contributed by atoms with Crippen molar-refractivity contribution in [2.24, 2.45) is 0 Å². The Balaban J connectivity index is 4.29. The van der Waals surface area contributed by atoms with Crippen molar-refractivity contribution in [1.29, 1.82) is 0 Å². The van der Waals surface area contributed by atoms with Gasteiger partial charge in [0, 0.05) is 19.1 Å². The maximum Gasteiger partial charge on any atom is 0.415 e. The molecule has 0 fully saturated rings. The molecule has 1 N–H and O–H groups in total. The molecule has 0 heterocycles. The zero-order valence-corrected chi connectivity index (χ0v) is 10.3.